The molecule has 0 atom stereocenters. The predicted octanol–water partition coefficient (Wildman–Crippen LogP) is 4.17. The van der Waals surface area contributed by atoms with E-state index in [2.05, 4.69) is 10.3 Å². The summed E-state index contributed by atoms with van der Waals surface area (Å²) in [6, 6.07) is 7.61. The lowest BCUT2D eigenvalue weighted by molar-refractivity contribution is -0.124. The summed E-state index contributed by atoms with van der Waals surface area (Å²) in [7, 11) is 0. The second-order valence-corrected chi connectivity index (χ2v) is 6.85. The Morgan fingerprint density at radius 1 is 1.45 bits per heavy atom. The van der Waals surface area contributed by atoms with Crippen molar-refractivity contribution in [1.29, 1.82) is 0 Å². The lowest BCUT2D eigenvalue weighted by atomic mass is 9.64. The molecule has 1 aliphatic carbocycles. The second kappa shape index (κ2) is 5.19. The van der Waals surface area contributed by atoms with E-state index in [1.54, 1.807) is 6.20 Å². The summed E-state index contributed by atoms with van der Waals surface area (Å²) in [5.74, 6) is 0.0281. The van der Waals surface area contributed by atoms with Crippen LogP contribution in [0.1, 0.15) is 29.7 Å². The average Bonchev–Trinajstić information content (AvgIpc) is 2.73. The molecule has 1 heterocycles. The second-order valence-electron chi connectivity index (χ2n) is 5.18. The zero-order valence-corrected chi connectivity index (χ0v) is 12.7. The van der Waals surface area contributed by atoms with Gasteiger partial charge in [0.15, 0.2) is 5.13 Å². The molecule has 1 N–H and O–H groups in total. The van der Waals surface area contributed by atoms with Crippen molar-refractivity contribution in [3.05, 3.63) is 45.9 Å². The van der Waals surface area contributed by atoms with Crippen LogP contribution in [0.2, 0.25) is 5.02 Å². The normalized spacial score (nSPS) is 16.5. The Kier molecular flexibility index (Phi) is 3.52. The van der Waals surface area contributed by atoms with Crippen molar-refractivity contribution in [3.63, 3.8) is 0 Å². The Hall–Kier alpha value is -1.39. The molecule has 0 spiro atoms. The molecule has 20 heavy (non-hydrogen) atoms. The average molecular weight is 307 g/mol. The Labute approximate surface area is 127 Å². The molecule has 1 aromatic heterocycles. The van der Waals surface area contributed by atoms with E-state index in [0.29, 0.717) is 10.2 Å². The first-order valence-corrected chi connectivity index (χ1v) is 7.79. The first kappa shape index (κ1) is 13.6. The van der Waals surface area contributed by atoms with Crippen LogP contribution in [-0.4, -0.2) is 10.9 Å². The third-order valence-electron chi connectivity index (χ3n) is 3.86. The summed E-state index contributed by atoms with van der Waals surface area (Å²) in [4.78, 5) is 17.9. The maximum atomic E-state index is 12.7. The highest BCUT2D eigenvalue weighted by atomic mass is 35.5. The summed E-state index contributed by atoms with van der Waals surface area (Å²) in [6.07, 6.45) is 4.57. The minimum absolute atomic E-state index is 0.0281. The summed E-state index contributed by atoms with van der Waals surface area (Å²) in [5, 5.41) is 4.29. The number of rotatable bonds is 3. The van der Waals surface area contributed by atoms with Gasteiger partial charge in [-0.1, -0.05) is 30.2 Å². The number of benzene rings is 1. The van der Waals surface area contributed by atoms with Crippen molar-refractivity contribution in [1.82, 2.24) is 4.98 Å². The molecule has 1 fully saturated rings. The standard InChI is InChI=1S/C15H15ClN2OS/c1-10-9-17-14(20-10)18-13(19)15(6-3-7-15)11-4-2-5-12(16)8-11/h2,4-5,8-9H,3,6-7H2,1H3,(H,17,18,19). The van der Waals surface area contributed by atoms with Crippen molar-refractivity contribution in [2.24, 2.45) is 0 Å². The lowest BCUT2D eigenvalue weighted by Gasteiger charge is -2.40. The van der Waals surface area contributed by atoms with Crippen molar-refractivity contribution in [2.75, 3.05) is 5.32 Å². The van der Waals surface area contributed by atoms with Crippen molar-refractivity contribution in [3.8, 4) is 0 Å². The predicted molar refractivity (Wildman–Crippen MR) is 82.5 cm³/mol. The highest BCUT2D eigenvalue weighted by Crippen LogP contribution is 2.45. The van der Waals surface area contributed by atoms with Crippen LogP contribution >= 0.6 is 22.9 Å². The van der Waals surface area contributed by atoms with Gasteiger partial charge in [0.25, 0.3) is 0 Å². The van der Waals surface area contributed by atoms with Gasteiger partial charge in [0, 0.05) is 16.1 Å². The maximum Gasteiger partial charge on any atom is 0.236 e. The van der Waals surface area contributed by atoms with Crippen LogP contribution in [-0.2, 0) is 10.2 Å². The van der Waals surface area contributed by atoms with Gasteiger partial charge in [0.05, 0.1) is 5.41 Å². The Morgan fingerprint density at radius 2 is 2.25 bits per heavy atom. The molecular weight excluding hydrogens is 292 g/mol. The minimum Gasteiger partial charge on any atom is -0.301 e. The number of halogens is 1. The van der Waals surface area contributed by atoms with Crippen LogP contribution in [0, 0.1) is 6.92 Å². The number of carbonyl (C=O) groups is 1. The molecule has 1 aliphatic rings. The zero-order valence-electron chi connectivity index (χ0n) is 11.1. The first-order chi connectivity index (χ1) is 9.60. The largest absolute Gasteiger partial charge is 0.301 e. The molecule has 1 saturated carbocycles. The highest BCUT2D eigenvalue weighted by Gasteiger charge is 2.45. The molecule has 3 nitrogen and oxygen atoms in total. The van der Waals surface area contributed by atoms with Crippen LogP contribution < -0.4 is 5.32 Å². The van der Waals surface area contributed by atoms with E-state index in [1.807, 2.05) is 31.2 Å². The summed E-state index contributed by atoms with van der Waals surface area (Å²) in [5.41, 5.74) is 0.562. The number of anilines is 1. The molecule has 5 heteroatoms. The van der Waals surface area contributed by atoms with Gasteiger partial charge in [-0.2, -0.15) is 0 Å². The number of nitrogens with zero attached hydrogens (tertiary/aromatic N) is 1. The molecule has 0 saturated heterocycles. The third-order valence-corrected chi connectivity index (χ3v) is 4.92. The van der Waals surface area contributed by atoms with Crippen molar-refractivity contribution >= 4 is 34.0 Å². The minimum atomic E-state index is -0.440. The van der Waals surface area contributed by atoms with Gasteiger partial charge in [0.2, 0.25) is 5.91 Å². The van der Waals surface area contributed by atoms with E-state index in [4.69, 9.17) is 11.6 Å². The smallest absolute Gasteiger partial charge is 0.236 e. The lowest BCUT2D eigenvalue weighted by Crippen LogP contribution is -2.46. The molecule has 0 bridgehead atoms. The van der Waals surface area contributed by atoms with Gasteiger partial charge in [-0.15, -0.1) is 11.3 Å². The van der Waals surface area contributed by atoms with Crippen molar-refractivity contribution < 1.29 is 4.79 Å². The fourth-order valence-corrected chi connectivity index (χ4v) is 3.44. The van der Waals surface area contributed by atoms with Gasteiger partial charge in [-0.25, -0.2) is 4.98 Å². The first-order valence-electron chi connectivity index (χ1n) is 6.60. The fraction of sp³-hybridized carbons (Fsp3) is 0.333. The van der Waals surface area contributed by atoms with E-state index < -0.39 is 5.41 Å². The van der Waals surface area contributed by atoms with Crippen molar-refractivity contribution in [2.45, 2.75) is 31.6 Å². The number of hydrogen-bond donors (Lipinski definition) is 1. The quantitative estimate of drug-likeness (QED) is 0.925. The number of amides is 1. The molecule has 2 aromatic rings. The molecule has 104 valence electrons. The summed E-state index contributed by atoms with van der Waals surface area (Å²) >= 11 is 7.55. The molecule has 0 unspecified atom stereocenters. The summed E-state index contributed by atoms with van der Waals surface area (Å²) in [6.45, 7) is 1.98. The van der Waals surface area contributed by atoms with Crippen LogP contribution in [0.15, 0.2) is 30.5 Å². The number of aryl methyl sites for hydroxylation is 1. The Bertz CT molecular complexity index is 649. The topological polar surface area (TPSA) is 42.0 Å². The maximum absolute atomic E-state index is 12.7. The van der Waals surface area contributed by atoms with E-state index >= 15 is 0 Å². The zero-order chi connectivity index (χ0) is 14.2. The van der Waals surface area contributed by atoms with E-state index in [-0.39, 0.29) is 5.91 Å². The van der Waals surface area contributed by atoms with Crippen LogP contribution in [0.3, 0.4) is 0 Å². The highest BCUT2D eigenvalue weighted by molar-refractivity contribution is 7.15. The Balaban J connectivity index is 1.87. The van der Waals surface area contributed by atoms with Crippen LogP contribution in [0.5, 0.6) is 0 Å². The monoisotopic (exact) mass is 306 g/mol. The SMILES string of the molecule is Cc1cnc(NC(=O)C2(c3cccc(Cl)c3)CCC2)s1. The molecule has 3 rings (SSSR count). The van der Waals surface area contributed by atoms with Gasteiger partial charge in [0.1, 0.15) is 0 Å². The van der Waals surface area contributed by atoms with Crippen LogP contribution in [0.25, 0.3) is 0 Å². The van der Waals surface area contributed by atoms with Crippen LogP contribution in [0.4, 0.5) is 5.13 Å². The number of aromatic nitrogens is 1. The van der Waals surface area contributed by atoms with E-state index in [1.165, 1.54) is 11.3 Å². The molecule has 0 aliphatic heterocycles. The van der Waals surface area contributed by atoms with Gasteiger partial charge >= 0.3 is 0 Å². The molecule has 1 aromatic carbocycles. The van der Waals surface area contributed by atoms with E-state index in [0.717, 1.165) is 29.7 Å². The van der Waals surface area contributed by atoms with E-state index in [9.17, 15) is 4.79 Å². The van der Waals surface area contributed by atoms with Gasteiger partial charge < -0.3 is 5.32 Å². The van der Waals surface area contributed by atoms with Gasteiger partial charge in [-0.05, 0) is 37.5 Å². The molecule has 1 amide bonds. The third kappa shape index (κ3) is 2.34. The Morgan fingerprint density at radius 3 is 2.80 bits per heavy atom. The number of nitrogens with one attached hydrogen (secondary N) is 1. The molecular formula is C15H15ClN2OS. The number of carbonyl (C=O) groups excluding carboxylic acids is 1. The number of hydrogen-bond acceptors (Lipinski definition) is 3. The summed E-state index contributed by atoms with van der Waals surface area (Å²) < 4.78 is 0. The fourth-order valence-electron chi connectivity index (χ4n) is 2.59. The number of thiazole rings is 1. The van der Waals surface area contributed by atoms with Gasteiger partial charge in [-0.3, -0.25) is 4.79 Å². The molecule has 0 radical (unpaired) electrons.